The fourth-order valence-electron chi connectivity index (χ4n) is 7.25. The van der Waals surface area contributed by atoms with Crippen molar-refractivity contribution in [2.45, 2.75) is 44.6 Å². The molecule has 302 valence electrons. The Morgan fingerprint density at radius 3 is 2.40 bits per heavy atom. The van der Waals surface area contributed by atoms with Crippen molar-refractivity contribution in [2.24, 2.45) is 5.92 Å². The van der Waals surface area contributed by atoms with Crippen LogP contribution in [0.1, 0.15) is 38.2 Å². The van der Waals surface area contributed by atoms with E-state index >= 15 is 0 Å². The molecular weight excluding hydrogens is 758 g/mol. The van der Waals surface area contributed by atoms with Crippen molar-refractivity contribution in [1.29, 1.82) is 0 Å². The number of urea groups is 1. The SMILES string of the molecule is COc1ccc(N2CCOCC2)c2sc(NC(=O)N3CCC(C)(O)CC3)nc12.O=C(Nc1ccc2[nH]c(=O)oc2c1)C(=O)N1CCC(Cc2ccc(F)cc2)CC1. The molecule has 0 bridgehead atoms. The summed E-state index contributed by atoms with van der Waals surface area (Å²) in [6.45, 7) is 6.95. The lowest BCUT2D eigenvalue weighted by Gasteiger charge is -2.35. The van der Waals surface area contributed by atoms with Gasteiger partial charge in [0.25, 0.3) is 0 Å². The van der Waals surface area contributed by atoms with Crippen LogP contribution in [0.25, 0.3) is 21.3 Å². The zero-order valence-electron chi connectivity index (χ0n) is 31.8. The van der Waals surface area contributed by atoms with E-state index in [4.69, 9.17) is 13.9 Å². The Kier molecular flexibility index (Phi) is 12.1. The lowest BCUT2D eigenvalue weighted by atomic mass is 9.90. The second-order valence-corrected chi connectivity index (χ2v) is 15.7. The standard InChI is InChI=1S/C21H20FN3O4.C19H26N4O4S/c22-15-3-1-13(2-4-15)11-14-7-9-25(10-8-14)20(27)19(26)23-16-5-6-17-18(12-16)29-21(28)24-17;1-19(25)5-7-23(8-6-19)18(24)21-17-20-15-14(26-2)4-3-13(16(15)28-17)22-9-11-27-12-10-22/h1-6,12,14H,7-11H2,(H,23,26)(H,24,28);3-4,25H,5-12H2,1-2H3,(H,20,21,24). The maximum absolute atomic E-state index is 13.0. The Morgan fingerprint density at radius 2 is 1.70 bits per heavy atom. The highest BCUT2D eigenvalue weighted by Crippen LogP contribution is 2.40. The number of methoxy groups -OCH3 is 1. The lowest BCUT2D eigenvalue weighted by molar-refractivity contribution is -0.144. The number of likely N-dealkylation sites (tertiary alicyclic amines) is 2. The number of aromatic nitrogens is 2. The summed E-state index contributed by atoms with van der Waals surface area (Å²) >= 11 is 1.46. The Morgan fingerprint density at radius 1 is 0.982 bits per heavy atom. The second-order valence-electron chi connectivity index (χ2n) is 14.7. The molecule has 3 aromatic carbocycles. The molecule has 8 rings (SSSR count). The van der Waals surface area contributed by atoms with Crippen molar-refractivity contribution in [3.63, 3.8) is 0 Å². The van der Waals surface area contributed by atoms with Gasteiger partial charge >= 0.3 is 23.6 Å². The molecule has 0 unspecified atom stereocenters. The third-order valence-corrected chi connectivity index (χ3v) is 11.6. The summed E-state index contributed by atoms with van der Waals surface area (Å²) in [4.78, 5) is 61.3. The van der Waals surface area contributed by atoms with Gasteiger partial charge in [-0.2, -0.15) is 0 Å². The van der Waals surface area contributed by atoms with Crippen LogP contribution < -0.4 is 26.0 Å². The quantitative estimate of drug-likeness (QED) is 0.167. The second kappa shape index (κ2) is 17.3. The third-order valence-electron chi connectivity index (χ3n) is 10.6. The molecule has 17 heteroatoms. The first-order valence-corrected chi connectivity index (χ1v) is 19.8. The number of thiazole rings is 1. The number of carbonyl (C=O) groups is 3. The molecule has 4 amide bonds. The fraction of sp³-hybridized carbons (Fsp3) is 0.425. The number of carbonyl (C=O) groups excluding carboxylic acids is 3. The number of anilines is 3. The van der Waals surface area contributed by atoms with Gasteiger partial charge in [-0.1, -0.05) is 23.5 Å². The van der Waals surface area contributed by atoms with E-state index in [1.165, 1.54) is 29.5 Å². The number of aromatic amines is 1. The fourth-order valence-corrected chi connectivity index (χ4v) is 8.26. The predicted molar refractivity (Wildman–Crippen MR) is 215 cm³/mol. The molecule has 3 aliphatic heterocycles. The van der Waals surface area contributed by atoms with Crippen molar-refractivity contribution in [2.75, 3.05) is 75.1 Å². The summed E-state index contributed by atoms with van der Waals surface area (Å²) in [6, 6.07) is 14.9. The van der Waals surface area contributed by atoms with Crippen LogP contribution in [-0.2, 0) is 20.7 Å². The molecule has 4 N–H and O–H groups in total. The first-order valence-electron chi connectivity index (χ1n) is 19.0. The number of aliphatic hydroxyl groups is 1. The average molecular weight is 804 g/mol. The van der Waals surface area contributed by atoms with E-state index in [9.17, 15) is 28.7 Å². The molecule has 3 fully saturated rings. The number of rotatable bonds is 6. The summed E-state index contributed by atoms with van der Waals surface area (Å²) in [5.74, 6) is -1.05. The minimum absolute atomic E-state index is 0.179. The van der Waals surface area contributed by atoms with Gasteiger partial charge in [0, 0.05) is 51.0 Å². The van der Waals surface area contributed by atoms with E-state index in [-0.39, 0.29) is 11.8 Å². The van der Waals surface area contributed by atoms with Crippen molar-refractivity contribution in [3.05, 3.63) is 76.5 Å². The minimum atomic E-state index is -0.723. The number of oxazole rings is 1. The number of morpholine rings is 1. The number of nitrogens with zero attached hydrogens (tertiary/aromatic N) is 4. The molecule has 2 aromatic heterocycles. The minimum Gasteiger partial charge on any atom is -0.494 e. The largest absolute Gasteiger partial charge is 0.494 e. The van der Waals surface area contributed by atoms with Gasteiger partial charge < -0.3 is 39.0 Å². The Hall–Kier alpha value is -5.52. The van der Waals surface area contributed by atoms with E-state index in [0.29, 0.717) is 85.8 Å². The van der Waals surface area contributed by atoms with E-state index in [1.807, 2.05) is 19.1 Å². The zero-order chi connectivity index (χ0) is 40.1. The Labute approximate surface area is 331 Å². The summed E-state index contributed by atoms with van der Waals surface area (Å²) in [5.41, 5.74) is 3.43. The average Bonchev–Trinajstić information content (AvgIpc) is 3.81. The summed E-state index contributed by atoms with van der Waals surface area (Å²) in [5, 5.41) is 16.1. The van der Waals surface area contributed by atoms with E-state index in [0.717, 1.165) is 53.8 Å². The van der Waals surface area contributed by atoms with Gasteiger partial charge in [-0.3, -0.25) is 19.9 Å². The number of hydrogen-bond acceptors (Lipinski definition) is 11. The van der Waals surface area contributed by atoms with Crippen molar-refractivity contribution >= 4 is 67.0 Å². The van der Waals surface area contributed by atoms with E-state index in [2.05, 4.69) is 25.5 Å². The zero-order valence-corrected chi connectivity index (χ0v) is 32.7. The molecule has 5 heterocycles. The van der Waals surface area contributed by atoms with Crippen molar-refractivity contribution in [1.82, 2.24) is 19.8 Å². The van der Waals surface area contributed by atoms with Gasteiger partial charge in [-0.15, -0.1) is 0 Å². The molecular formula is C40H46FN7O8S. The number of halogens is 1. The van der Waals surface area contributed by atoms with E-state index < -0.39 is 23.2 Å². The normalized spacial score (nSPS) is 17.2. The summed E-state index contributed by atoms with van der Waals surface area (Å²) in [7, 11) is 1.63. The Balaban J connectivity index is 0.000000174. The maximum atomic E-state index is 13.0. The Bertz CT molecular complexity index is 2270. The van der Waals surface area contributed by atoms with Crippen LogP contribution in [0.2, 0.25) is 0 Å². The number of benzene rings is 3. The highest BCUT2D eigenvalue weighted by Gasteiger charge is 2.31. The molecule has 15 nitrogen and oxygen atoms in total. The number of fused-ring (bicyclic) bond motifs is 2. The van der Waals surface area contributed by atoms with Gasteiger partial charge in [0.15, 0.2) is 10.7 Å². The van der Waals surface area contributed by atoms with Crippen molar-refractivity contribution < 1.29 is 37.8 Å². The number of hydrogen-bond donors (Lipinski definition) is 4. The summed E-state index contributed by atoms with van der Waals surface area (Å²) in [6.07, 6.45) is 3.56. The van der Waals surface area contributed by atoms with Crippen molar-refractivity contribution in [3.8, 4) is 5.75 Å². The number of amides is 4. The van der Waals surface area contributed by atoms with Crippen LogP contribution >= 0.6 is 11.3 Å². The first-order chi connectivity index (χ1) is 27.4. The van der Waals surface area contributed by atoms with Crippen LogP contribution in [0.15, 0.2) is 63.8 Å². The maximum Gasteiger partial charge on any atom is 0.417 e. The number of nitrogens with one attached hydrogen (secondary N) is 3. The topological polar surface area (TPSA) is 183 Å². The molecule has 0 spiro atoms. The van der Waals surface area contributed by atoms with Crippen LogP contribution in [0.5, 0.6) is 5.75 Å². The molecule has 0 atom stereocenters. The molecule has 5 aromatic rings. The number of H-pyrrole nitrogens is 1. The van der Waals surface area contributed by atoms with Gasteiger partial charge in [-0.25, -0.2) is 19.0 Å². The lowest BCUT2D eigenvalue weighted by Crippen LogP contribution is -2.46. The number of ether oxygens (including phenoxy) is 2. The van der Waals surface area contributed by atoms with Crippen LogP contribution in [0, 0.1) is 11.7 Å². The van der Waals surface area contributed by atoms with Gasteiger partial charge in [0.2, 0.25) is 0 Å². The molecule has 3 saturated heterocycles. The molecule has 3 aliphatic rings. The first kappa shape index (κ1) is 39.7. The van der Waals surface area contributed by atoms with Crippen LogP contribution in [0.4, 0.5) is 25.7 Å². The van der Waals surface area contributed by atoms with E-state index in [1.54, 1.807) is 41.2 Å². The van der Waals surface area contributed by atoms with Crippen LogP contribution in [0.3, 0.4) is 0 Å². The highest BCUT2D eigenvalue weighted by atomic mass is 32.1. The smallest absolute Gasteiger partial charge is 0.417 e. The molecule has 0 radical (unpaired) electrons. The number of piperidine rings is 2. The molecule has 0 saturated carbocycles. The monoisotopic (exact) mass is 803 g/mol. The van der Waals surface area contributed by atoms with Gasteiger partial charge in [0.1, 0.15) is 17.1 Å². The molecule has 0 aliphatic carbocycles. The highest BCUT2D eigenvalue weighted by molar-refractivity contribution is 7.23. The van der Waals surface area contributed by atoms with Gasteiger partial charge in [-0.05, 0) is 86.9 Å². The predicted octanol–water partition coefficient (Wildman–Crippen LogP) is 5.20. The molecule has 57 heavy (non-hydrogen) atoms. The van der Waals surface area contributed by atoms with Gasteiger partial charge in [0.05, 0.1) is 41.8 Å². The third kappa shape index (κ3) is 9.72. The summed E-state index contributed by atoms with van der Waals surface area (Å²) < 4.78 is 29.9. The van der Waals surface area contributed by atoms with Crippen LogP contribution in [-0.4, -0.2) is 108 Å².